The van der Waals surface area contributed by atoms with E-state index in [-0.39, 0.29) is 0 Å². The fourth-order valence-electron chi connectivity index (χ4n) is 1.73. The monoisotopic (exact) mass is 172 g/mol. The molecule has 1 rings (SSSR count). The van der Waals surface area contributed by atoms with Gasteiger partial charge >= 0.3 is 0 Å². The smallest absolute Gasteiger partial charge is 0.0474 e. The molecular weight excluding hydrogens is 152 g/mol. The van der Waals surface area contributed by atoms with E-state index >= 15 is 0 Å². The fraction of sp³-hybridized carbons (Fsp3) is 1.00. The van der Waals surface area contributed by atoms with Gasteiger partial charge in [0.15, 0.2) is 0 Å². The summed E-state index contributed by atoms with van der Waals surface area (Å²) in [4.78, 5) is 2.44. The zero-order chi connectivity index (χ0) is 8.81. The lowest BCUT2D eigenvalue weighted by molar-refractivity contribution is 0.156. The van der Waals surface area contributed by atoms with E-state index in [4.69, 9.17) is 10.5 Å². The molecule has 0 saturated carbocycles. The Kier molecular flexibility index (Phi) is 4.58. The summed E-state index contributed by atoms with van der Waals surface area (Å²) in [5, 5.41) is 0. The Morgan fingerprint density at radius 1 is 1.58 bits per heavy atom. The third-order valence-electron chi connectivity index (χ3n) is 2.36. The van der Waals surface area contributed by atoms with E-state index in [1.165, 1.54) is 19.4 Å². The maximum atomic E-state index is 5.86. The van der Waals surface area contributed by atoms with Crippen LogP contribution >= 0.6 is 0 Å². The van der Waals surface area contributed by atoms with Gasteiger partial charge in [0, 0.05) is 32.8 Å². The van der Waals surface area contributed by atoms with Gasteiger partial charge in [0.25, 0.3) is 0 Å². The normalized spacial score (nSPS) is 26.0. The number of hydrogen-bond donors (Lipinski definition) is 1. The average molecular weight is 172 g/mol. The van der Waals surface area contributed by atoms with Crippen LogP contribution < -0.4 is 5.73 Å². The van der Waals surface area contributed by atoms with Crippen LogP contribution in [-0.2, 0) is 4.74 Å². The van der Waals surface area contributed by atoms with Crippen LogP contribution in [-0.4, -0.2) is 44.3 Å². The predicted octanol–water partition coefficient (Wildman–Crippen LogP) is 0.446. The number of methoxy groups -OCH3 is 1. The Labute approximate surface area is 74.9 Å². The van der Waals surface area contributed by atoms with Crippen LogP contribution in [0.25, 0.3) is 0 Å². The quantitative estimate of drug-likeness (QED) is 0.626. The highest BCUT2D eigenvalue weighted by Crippen LogP contribution is 2.07. The molecule has 0 aromatic rings. The molecule has 3 nitrogen and oxygen atoms in total. The first kappa shape index (κ1) is 9.96. The number of ether oxygens (including phenoxy) is 1. The lowest BCUT2D eigenvalue weighted by Gasteiger charge is -2.30. The molecule has 0 spiro atoms. The van der Waals surface area contributed by atoms with Crippen molar-refractivity contribution in [1.82, 2.24) is 4.90 Å². The lowest BCUT2D eigenvalue weighted by atomic mass is 10.1. The first-order valence-corrected chi connectivity index (χ1v) is 4.80. The summed E-state index contributed by atoms with van der Waals surface area (Å²) in [6.07, 6.45) is 3.58. The fourth-order valence-corrected chi connectivity index (χ4v) is 1.73. The SMILES string of the molecule is COCCCN1CCCC(N)C1. The highest BCUT2D eigenvalue weighted by Gasteiger charge is 2.15. The van der Waals surface area contributed by atoms with E-state index in [1.54, 1.807) is 7.11 Å². The van der Waals surface area contributed by atoms with Gasteiger partial charge in [0.2, 0.25) is 0 Å². The topological polar surface area (TPSA) is 38.5 Å². The number of hydrogen-bond acceptors (Lipinski definition) is 3. The third kappa shape index (κ3) is 3.52. The molecule has 0 bridgehead atoms. The summed E-state index contributed by atoms with van der Waals surface area (Å²) < 4.78 is 5.00. The minimum Gasteiger partial charge on any atom is -0.385 e. The van der Waals surface area contributed by atoms with Crippen LogP contribution in [0.5, 0.6) is 0 Å². The third-order valence-corrected chi connectivity index (χ3v) is 2.36. The van der Waals surface area contributed by atoms with Crippen molar-refractivity contribution < 1.29 is 4.74 Å². The van der Waals surface area contributed by atoms with Gasteiger partial charge in [-0.2, -0.15) is 0 Å². The lowest BCUT2D eigenvalue weighted by Crippen LogP contribution is -2.43. The average Bonchev–Trinajstić information content (AvgIpc) is 2.05. The molecule has 2 N–H and O–H groups in total. The second-order valence-electron chi connectivity index (χ2n) is 3.55. The van der Waals surface area contributed by atoms with Crippen molar-refractivity contribution in [3.05, 3.63) is 0 Å². The molecule has 1 aliphatic rings. The van der Waals surface area contributed by atoms with Crippen molar-refractivity contribution in [2.75, 3.05) is 33.4 Å². The molecule has 0 aromatic heterocycles. The molecule has 0 aliphatic carbocycles. The van der Waals surface area contributed by atoms with Gasteiger partial charge in [-0.05, 0) is 25.8 Å². The highest BCUT2D eigenvalue weighted by atomic mass is 16.5. The van der Waals surface area contributed by atoms with Gasteiger partial charge in [-0.1, -0.05) is 0 Å². The zero-order valence-electron chi connectivity index (χ0n) is 7.96. The second-order valence-corrected chi connectivity index (χ2v) is 3.55. The summed E-state index contributed by atoms with van der Waals surface area (Å²) in [6, 6.07) is 0.404. The van der Waals surface area contributed by atoms with Crippen LogP contribution in [0.2, 0.25) is 0 Å². The maximum absolute atomic E-state index is 5.86. The van der Waals surface area contributed by atoms with Gasteiger partial charge in [-0.25, -0.2) is 0 Å². The Morgan fingerprint density at radius 3 is 3.08 bits per heavy atom. The number of nitrogens with two attached hydrogens (primary N) is 1. The standard InChI is InChI=1S/C9H20N2O/c1-12-7-3-6-11-5-2-4-9(10)8-11/h9H,2-8,10H2,1H3. The van der Waals surface area contributed by atoms with Crippen LogP contribution in [0.4, 0.5) is 0 Å². The molecule has 0 aromatic carbocycles. The first-order valence-electron chi connectivity index (χ1n) is 4.80. The summed E-state index contributed by atoms with van der Waals surface area (Å²) >= 11 is 0. The first-order chi connectivity index (χ1) is 5.83. The van der Waals surface area contributed by atoms with E-state index in [1.807, 2.05) is 0 Å². The van der Waals surface area contributed by atoms with Crippen molar-refractivity contribution >= 4 is 0 Å². The van der Waals surface area contributed by atoms with Crippen LogP contribution in [0.3, 0.4) is 0 Å². The van der Waals surface area contributed by atoms with Gasteiger partial charge in [0.05, 0.1) is 0 Å². The largest absolute Gasteiger partial charge is 0.385 e. The van der Waals surface area contributed by atoms with Gasteiger partial charge in [0.1, 0.15) is 0 Å². The Balaban J connectivity index is 2.06. The minimum absolute atomic E-state index is 0.404. The molecule has 72 valence electrons. The molecule has 1 unspecified atom stereocenters. The molecule has 1 aliphatic heterocycles. The van der Waals surface area contributed by atoms with Gasteiger partial charge in [-0.15, -0.1) is 0 Å². The summed E-state index contributed by atoms with van der Waals surface area (Å²) in [5.74, 6) is 0. The van der Waals surface area contributed by atoms with Crippen LogP contribution in [0.15, 0.2) is 0 Å². The van der Waals surface area contributed by atoms with E-state index in [9.17, 15) is 0 Å². The van der Waals surface area contributed by atoms with Crippen molar-refractivity contribution in [1.29, 1.82) is 0 Å². The molecular formula is C9H20N2O. The highest BCUT2D eigenvalue weighted by molar-refractivity contribution is 4.74. The minimum atomic E-state index is 0.404. The molecule has 1 fully saturated rings. The van der Waals surface area contributed by atoms with E-state index < -0.39 is 0 Å². The Bertz CT molecular complexity index is 119. The second kappa shape index (κ2) is 5.51. The zero-order valence-corrected chi connectivity index (χ0v) is 7.96. The predicted molar refractivity (Wildman–Crippen MR) is 50.1 cm³/mol. The number of rotatable bonds is 4. The van der Waals surface area contributed by atoms with Crippen molar-refractivity contribution in [2.45, 2.75) is 25.3 Å². The van der Waals surface area contributed by atoms with E-state index in [0.29, 0.717) is 6.04 Å². The molecule has 0 amide bonds. The molecule has 1 saturated heterocycles. The van der Waals surface area contributed by atoms with Gasteiger partial charge in [-0.3, -0.25) is 0 Å². The summed E-state index contributed by atoms with van der Waals surface area (Å²) in [5.41, 5.74) is 5.86. The van der Waals surface area contributed by atoms with Crippen LogP contribution in [0.1, 0.15) is 19.3 Å². The van der Waals surface area contributed by atoms with E-state index in [0.717, 1.165) is 26.1 Å². The van der Waals surface area contributed by atoms with Crippen LogP contribution in [0, 0.1) is 0 Å². The molecule has 12 heavy (non-hydrogen) atoms. The molecule has 0 radical (unpaired) electrons. The Hall–Kier alpha value is -0.120. The van der Waals surface area contributed by atoms with Gasteiger partial charge < -0.3 is 15.4 Å². The van der Waals surface area contributed by atoms with Crippen molar-refractivity contribution in [2.24, 2.45) is 5.73 Å². The van der Waals surface area contributed by atoms with Crippen molar-refractivity contribution in [3.63, 3.8) is 0 Å². The molecule has 3 heteroatoms. The number of nitrogens with zero attached hydrogens (tertiary/aromatic N) is 1. The molecule has 1 heterocycles. The number of likely N-dealkylation sites (tertiary alicyclic amines) is 1. The summed E-state index contributed by atoms with van der Waals surface area (Å²) in [6.45, 7) is 4.30. The maximum Gasteiger partial charge on any atom is 0.0474 e. The molecule has 1 atom stereocenters. The van der Waals surface area contributed by atoms with Crippen molar-refractivity contribution in [3.8, 4) is 0 Å². The Morgan fingerprint density at radius 2 is 2.42 bits per heavy atom. The van der Waals surface area contributed by atoms with E-state index in [2.05, 4.69) is 4.90 Å². The number of piperidine rings is 1. The summed E-state index contributed by atoms with van der Waals surface area (Å²) in [7, 11) is 1.75.